The van der Waals surface area contributed by atoms with E-state index in [4.69, 9.17) is 0 Å². The van der Waals surface area contributed by atoms with Crippen LogP contribution in [-0.4, -0.2) is 21.2 Å². The Hall–Kier alpha value is -2.82. The lowest BCUT2D eigenvalue weighted by Gasteiger charge is -2.09. The maximum absolute atomic E-state index is 12.3. The molecule has 1 amide bonds. The van der Waals surface area contributed by atoms with Crippen LogP contribution in [-0.2, 0) is 11.2 Å². The van der Waals surface area contributed by atoms with Crippen molar-refractivity contribution in [3.05, 3.63) is 53.7 Å². The number of phenolic OH excluding ortho intramolecular Hbond substituents is 1. The van der Waals surface area contributed by atoms with E-state index in [0.717, 1.165) is 16.5 Å². The Kier molecular flexibility index (Phi) is 3.26. The standard InChI is InChI=1S/C18H17N3O2/c22-16-8-7-11-3-1-2-4-13(11)14(16)9-18(23)19-17-10-15(20-21-17)12-5-6-12/h1-4,7-8,10,12,22H,5-6,9H2,(H2,19,20,21,23). The van der Waals surface area contributed by atoms with Crippen LogP contribution in [0.2, 0.25) is 0 Å². The lowest BCUT2D eigenvalue weighted by atomic mass is 10.0. The van der Waals surface area contributed by atoms with Crippen LogP contribution in [0.4, 0.5) is 5.82 Å². The van der Waals surface area contributed by atoms with Crippen molar-refractivity contribution in [1.82, 2.24) is 10.2 Å². The Bertz CT molecular complexity index is 881. The number of carbonyl (C=O) groups is 1. The highest BCUT2D eigenvalue weighted by Crippen LogP contribution is 2.39. The van der Waals surface area contributed by atoms with Gasteiger partial charge >= 0.3 is 0 Å². The van der Waals surface area contributed by atoms with Crippen molar-refractivity contribution in [3.63, 3.8) is 0 Å². The Morgan fingerprint density at radius 3 is 2.91 bits per heavy atom. The van der Waals surface area contributed by atoms with Crippen LogP contribution >= 0.6 is 0 Å². The summed E-state index contributed by atoms with van der Waals surface area (Å²) in [7, 11) is 0. The molecule has 0 bridgehead atoms. The smallest absolute Gasteiger partial charge is 0.230 e. The van der Waals surface area contributed by atoms with E-state index >= 15 is 0 Å². The molecule has 3 aromatic rings. The van der Waals surface area contributed by atoms with Gasteiger partial charge in [0.1, 0.15) is 5.75 Å². The van der Waals surface area contributed by atoms with Gasteiger partial charge < -0.3 is 10.4 Å². The molecule has 0 aliphatic heterocycles. The van der Waals surface area contributed by atoms with E-state index in [-0.39, 0.29) is 18.1 Å². The van der Waals surface area contributed by atoms with Gasteiger partial charge in [0.05, 0.1) is 6.42 Å². The Labute approximate surface area is 133 Å². The molecule has 1 aliphatic rings. The molecule has 5 heteroatoms. The number of hydrogen-bond acceptors (Lipinski definition) is 3. The largest absolute Gasteiger partial charge is 0.508 e. The molecule has 0 saturated heterocycles. The maximum Gasteiger partial charge on any atom is 0.230 e. The number of aromatic amines is 1. The van der Waals surface area contributed by atoms with Crippen molar-refractivity contribution in [2.75, 3.05) is 5.32 Å². The molecule has 2 aromatic carbocycles. The molecule has 3 N–H and O–H groups in total. The summed E-state index contributed by atoms with van der Waals surface area (Å²) < 4.78 is 0. The summed E-state index contributed by atoms with van der Waals surface area (Å²) in [5, 5.41) is 21.9. The highest BCUT2D eigenvalue weighted by Gasteiger charge is 2.25. The molecular formula is C18H17N3O2. The Morgan fingerprint density at radius 1 is 1.26 bits per heavy atom. The second kappa shape index (κ2) is 5.43. The SMILES string of the molecule is O=C(Cc1c(O)ccc2ccccc12)Nc1cc(C2CC2)[nH]n1. The van der Waals surface area contributed by atoms with E-state index < -0.39 is 0 Å². The van der Waals surface area contributed by atoms with Crippen LogP contribution in [0.15, 0.2) is 42.5 Å². The molecule has 0 unspecified atom stereocenters. The number of amides is 1. The second-order valence-corrected chi connectivity index (χ2v) is 5.99. The van der Waals surface area contributed by atoms with Crippen molar-refractivity contribution in [2.45, 2.75) is 25.2 Å². The summed E-state index contributed by atoms with van der Waals surface area (Å²) in [6.07, 6.45) is 2.47. The number of benzene rings is 2. The van der Waals surface area contributed by atoms with Crippen molar-refractivity contribution < 1.29 is 9.90 Å². The van der Waals surface area contributed by atoms with Crippen LogP contribution in [0.5, 0.6) is 5.75 Å². The number of fused-ring (bicyclic) bond motifs is 1. The predicted molar refractivity (Wildman–Crippen MR) is 88.5 cm³/mol. The average Bonchev–Trinajstić information content (AvgIpc) is 3.30. The first kappa shape index (κ1) is 13.8. The number of hydrogen-bond donors (Lipinski definition) is 3. The summed E-state index contributed by atoms with van der Waals surface area (Å²) in [5.41, 5.74) is 1.71. The molecule has 1 fully saturated rings. The molecule has 1 heterocycles. The lowest BCUT2D eigenvalue weighted by Crippen LogP contribution is -2.15. The number of aromatic hydroxyl groups is 1. The molecule has 23 heavy (non-hydrogen) atoms. The maximum atomic E-state index is 12.3. The summed E-state index contributed by atoms with van der Waals surface area (Å²) in [6.45, 7) is 0. The van der Waals surface area contributed by atoms with Crippen LogP contribution in [0.3, 0.4) is 0 Å². The van der Waals surface area contributed by atoms with Crippen molar-refractivity contribution >= 4 is 22.5 Å². The first-order chi connectivity index (χ1) is 11.2. The second-order valence-electron chi connectivity index (χ2n) is 5.99. The normalized spacial score (nSPS) is 14.1. The lowest BCUT2D eigenvalue weighted by molar-refractivity contribution is -0.115. The number of phenols is 1. The van der Waals surface area contributed by atoms with Gasteiger partial charge in [0.2, 0.25) is 5.91 Å². The third kappa shape index (κ3) is 2.77. The monoisotopic (exact) mass is 307 g/mol. The summed E-state index contributed by atoms with van der Waals surface area (Å²) in [6, 6.07) is 13.1. The van der Waals surface area contributed by atoms with Gasteiger partial charge in [0.15, 0.2) is 5.82 Å². The average molecular weight is 307 g/mol. The van der Waals surface area contributed by atoms with E-state index in [9.17, 15) is 9.90 Å². The van der Waals surface area contributed by atoms with E-state index in [1.807, 2.05) is 36.4 Å². The molecule has 4 rings (SSSR count). The fraction of sp³-hybridized carbons (Fsp3) is 0.222. The van der Waals surface area contributed by atoms with Crippen molar-refractivity contribution in [3.8, 4) is 5.75 Å². The molecule has 0 radical (unpaired) electrons. The summed E-state index contributed by atoms with van der Waals surface area (Å²) in [4.78, 5) is 12.3. The van der Waals surface area contributed by atoms with Gasteiger partial charge in [-0.3, -0.25) is 9.89 Å². The molecule has 5 nitrogen and oxygen atoms in total. The van der Waals surface area contributed by atoms with Crippen LogP contribution in [0.1, 0.15) is 30.0 Å². The van der Waals surface area contributed by atoms with Gasteiger partial charge in [-0.25, -0.2) is 0 Å². The fourth-order valence-electron chi connectivity index (χ4n) is 2.86. The topological polar surface area (TPSA) is 78.0 Å². The van der Waals surface area contributed by atoms with E-state index in [2.05, 4.69) is 15.5 Å². The summed E-state index contributed by atoms with van der Waals surface area (Å²) >= 11 is 0. The zero-order valence-electron chi connectivity index (χ0n) is 12.5. The van der Waals surface area contributed by atoms with Crippen molar-refractivity contribution in [2.24, 2.45) is 0 Å². The van der Waals surface area contributed by atoms with Crippen LogP contribution in [0.25, 0.3) is 10.8 Å². The predicted octanol–water partition coefficient (Wildman–Crippen LogP) is 3.33. The molecule has 1 aromatic heterocycles. The van der Waals surface area contributed by atoms with Crippen LogP contribution in [0, 0.1) is 0 Å². The minimum atomic E-state index is -0.189. The zero-order chi connectivity index (χ0) is 15.8. The van der Waals surface area contributed by atoms with Crippen LogP contribution < -0.4 is 5.32 Å². The molecular weight excluding hydrogens is 290 g/mol. The number of H-pyrrole nitrogens is 1. The van der Waals surface area contributed by atoms with Gasteiger partial charge in [-0.2, -0.15) is 5.10 Å². The van der Waals surface area contributed by atoms with Gasteiger partial charge in [-0.1, -0.05) is 30.3 Å². The number of rotatable bonds is 4. The number of carbonyl (C=O) groups excluding carboxylic acids is 1. The third-order valence-corrected chi connectivity index (χ3v) is 4.24. The first-order valence-electron chi connectivity index (χ1n) is 7.75. The summed E-state index contributed by atoms with van der Waals surface area (Å²) in [5.74, 6) is 1.05. The molecule has 116 valence electrons. The fourth-order valence-corrected chi connectivity index (χ4v) is 2.86. The third-order valence-electron chi connectivity index (χ3n) is 4.24. The first-order valence-corrected chi connectivity index (χ1v) is 7.75. The van der Waals surface area contributed by atoms with Gasteiger partial charge in [0.25, 0.3) is 0 Å². The number of nitrogens with one attached hydrogen (secondary N) is 2. The Morgan fingerprint density at radius 2 is 2.09 bits per heavy atom. The zero-order valence-corrected chi connectivity index (χ0v) is 12.5. The van der Waals surface area contributed by atoms with E-state index in [0.29, 0.717) is 17.3 Å². The van der Waals surface area contributed by atoms with E-state index in [1.165, 1.54) is 12.8 Å². The highest BCUT2D eigenvalue weighted by atomic mass is 16.3. The van der Waals surface area contributed by atoms with Gasteiger partial charge in [0, 0.05) is 23.2 Å². The number of anilines is 1. The molecule has 1 aliphatic carbocycles. The molecule has 0 atom stereocenters. The van der Waals surface area contributed by atoms with Gasteiger partial charge in [-0.15, -0.1) is 0 Å². The minimum Gasteiger partial charge on any atom is -0.508 e. The van der Waals surface area contributed by atoms with Crippen molar-refractivity contribution in [1.29, 1.82) is 0 Å². The molecule has 1 saturated carbocycles. The number of aromatic nitrogens is 2. The Balaban J connectivity index is 1.54. The van der Waals surface area contributed by atoms with Gasteiger partial charge in [-0.05, 0) is 29.7 Å². The van der Waals surface area contributed by atoms with E-state index in [1.54, 1.807) is 6.07 Å². The minimum absolute atomic E-state index is 0.110. The highest BCUT2D eigenvalue weighted by molar-refractivity contribution is 5.96. The molecule has 0 spiro atoms. The number of nitrogens with zero attached hydrogens (tertiary/aromatic N) is 1. The quantitative estimate of drug-likeness (QED) is 0.692.